The van der Waals surface area contributed by atoms with Crippen LogP contribution >= 0.6 is 11.5 Å². The van der Waals surface area contributed by atoms with Crippen LogP contribution < -0.4 is 5.32 Å². The molecule has 5 nitrogen and oxygen atoms in total. The summed E-state index contributed by atoms with van der Waals surface area (Å²) in [6.07, 6.45) is 2.81. The molecule has 0 saturated heterocycles. The average Bonchev–Trinajstić information content (AvgIpc) is 3.07. The van der Waals surface area contributed by atoms with Crippen LogP contribution in [-0.2, 0) is 13.1 Å². The molecule has 0 aromatic carbocycles. The fourth-order valence-corrected chi connectivity index (χ4v) is 2.40. The Labute approximate surface area is 117 Å². The van der Waals surface area contributed by atoms with Gasteiger partial charge in [-0.1, -0.05) is 18.3 Å². The summed E-state index contributed by atoms with van der Waals surface area (Å²) in [5.74, 6) is 0.980. The molecule has 2 rings (SSSR count). The summed E-state index contributed by atoms with van der Waals surface area (Å²) >= 11 is 1.43. The van der Waals surface area contributed by atoms with E-state index in [0.29, 0.717) is 0 Å². The molecule has 2 heterocycles. The van der Waals surface area contributed by atoms with Crippen LogP contribution in [0.3, 0.4) is 0 Å². The number of furan rings is 1. The summed E-state index contributed by atoms with van der Waals surface area (Å²) in [5, 5.41) is 8.68. The zero-order valence-corrected chi connectivity index (χ0v) is 12.2. The first kappa shape index (κ1) is 14.0. The van der Waals surface area contributed by atoms with Crippen LogP contribution in [-0.4, -0.2) is 27.6 Å². The highest BCUT2D eigenvalue weighted by molar-refractivity contribution is 7.10. The van der Waals surface area contributed by atoms with E-state index in [4.69, 9.17) is 4.42 Å². The van der Waals surface area contributed by atoms with E-state index in [2.05, 4.69) is 33.7 Å². The van der Waals surface area contributed by atoms with Crippen LogP contribution in [0, 0.1) is 0 Å². The fraction of sp³-hybridized carbons (Fsp3) is 0.538. The van der Waals surface area contributed by atoms with Gasteiger partial charge in [0.1, 0.15) is 16.5 Å². The number of anilines is 1. The van der Waals surface area contributed by atoms with E-state index in [-0.39, 0.29) is 0 Å². The van der Waals surface area contributed by atoms with Crippen molar-refractivity contribution in [2.45, 2.75) is 33.4 Å². The third-order valence-electron chi connectivity index (χ3n) is 2.87. The van der Waals surface area contributed by atoms with Crippen LogP contribution in [0.2, 0.25) is 0 Å². The maximum absolute atomic E-state index is 5.39. The van der Waals surface area contributed by atoms with Gasteiger partial charge in [0.15, 0.2) is 0 Å². The molecule has 0 aliphatic heterocycles. The van der Waals surface area contributed by atoms with Gasteiger partial charge in [0.2, 0.25) is 0 Å². The van der Waals surface area contributed by atoms with Crippen LogP contribution in [0.25, 0.3) is 0 Å². The quantitative estimate of drug-likeness (QED) is 0.805. The minimum absolute atomic E-state index is 0.791. The van der Waals surface area contributed by atoms with Crippen LogP contribution in [0.4, 0.5) is 5.00 Å². The Bertz CT molecular complexity index is 469. The first-order chi connectivity index (χ1) is 9.33. The minimum Gasteiger partial charge on any atom is -0.468 e. The Balaban J connectivity index is 1.96. The number of aromatic nitrogens is 2. The third-order valence-corrected chi connectivity index (χ3v) is 3.60. The van der Waals surface area contributed by atoms with E-state index in [1.165, 1.54) is 11.5 Å². The molecule has 0 atom stereocenters. The standard InChI is InChI=1S/C13H20N4OS/c1-3-7-14-13-12(15-16-19-13)10-17(4-2)9-11-6-5-8-18-11/h5-6,8,14H,3-4,7,9-10H2,1-2H3. The van der Waals surface area contributed by atoms with E-state index in [1.54, 1.807) is 6.26 Å². The lowest BCUT2D eigenvalue weighted by Gasteiger charge is -2.18. The molecule has 6 heteroatoms. The molecular formula is C13H20N4OS. The van der Waals surface area contributed by atoms with E-state index >= 15 is 0 Å². The molecule has 0 radical (unpaired) electrons. The number of rotatable bonds is 8. The number of hydrogen-bond acceptors (Lipinski definition) is 6. The van der Waals surface area contributed by atoms with Crippen molar-refractivity contribution in [3.05, 3.63) is 29.9 Å². The second kappa shape index (κ2) is 7.25. The van der Waals surface area contributed by atoms with Gasteiger partial charge in [0, 0.05) is 24.6 Å². The Kier molecular flexibility index (Phi) is 5.35. The van der Waals surface area contributed by atoms with Crippen molar-refractivity contribution in [1.82, 2.24) is 14.5 Å². The van der Waals surface area contributed by atoms with Crippen molar-refractivity contribution >= 4 is 16.5 Å². The largest absolute Gasteiger partial charge is 0.468 e. The predicted octanol–water partition coefficient (Wildman–Crippen LogP) is 2.98. The number of hydrogen-bond donors (Lipinski definition) is 1. The lowest BCUT2D eigenvalue weighted by atomic mass is 10.3. The Morgan fingerprint density at radius 3 is 2.95 bits per heavy atom. The second-order valence-electron chi connectivity index (χ2n) is 4.36. The summed E-state index contributed by atoms with van der Waals surface area (Å²) in [6.45, 7) is 7.79. The molecule has 2 aromatic heterocycles. The summed E-state index contributed by atoms with van der Waals surface area (Å²) in [6, 6.07) is 3.92. The first-order valence-electron chi connectivity index (χ1n) is 6.63. The van der Waals surface area contributed by atoms with Gasteiger partial charge in [-0.05, 0) is 25.1 Å². The van der Waals surface area contributed by atoms with Gasteiger partial charge >= 0.3 is 0 Å². The molecular weight excluding hydrogens is 260 g/mol. The van der Waals surface area contributed by atoms with Crippen molar-refractivity contribution in [1.29, 1.82) is 0 Å². The van der Waals surface area contributed by atoms with Crippen LogP contribution in [0.15, 0.2) is 22.8 Å². The summed E-state index contributed by atoms with van der Waals surface area (Å²) in [7, 11) is 0. The zero-order chi connectivity index (χ0) is 13.5. The van der Waals surface area contributed by atoms with Crippen molar-refractivity contribution < 1.29 is 4.42 Å². The van der Waals surface area contributed by atoms with Crippen LogP contribution in [0.1, 0.15) is 31.7 Å². The molecule has 1 N–H and O–H groups in total. The first-order valence-corrected chi connectivity index (χ1v) is 7.40. The molecule has 2 aromatic rings. The van der Waals surface area contributed by atoms with Gasteiger partial charge in [-0.15, -0.1) is 5.10 Å². The van der Waals surface area contributed by atoms with Gasteiger partial charge in [0.05, 0.1) is 12.8 Å². The van der Waals surface area contributed by atoms with Crippen molar-refractivity contribution in [2.24, 2.45) is 0 Å². The van der Waals surface area contributed by atoms with Gasteiger partial charge in [0.25, 0.3) is 0 Å². The molecule has 0 saturated carbocycles. The maximum Gasteiger partial charge on any atom is 0.134 e. The van der Waals surface area contributed by atoms with E-state index in [0.717, 1.165) is 49.1 Å². The van der Waals surface area contributed by atoms with E-state index < -0.39 is 0 Å². The Hall–Kier alpha value is -1.40. The highest BCUT2D eigenvalue weighted by Crippen LogP contribution is 2.20. The third kappa shape index (κ3) is 4.04. The summed E-state index contributed by atoms with van der Waals surface area (Å²) in [5.41, 5.74) is 1.02. The molecule has 0 aliphatic rings. The predicted molar refractivity (Wildman–Crippen MR) is 77.2 cm³/mol. The minimum atomic E-state index is 0.791. The molecule has 104 valence electrons. The molecule has 0 aliphatic carbocycles. The fourth-order valence-electron chi connectivity index (χ4n) is 1.80. The van der Waals surface area contributed by atoms with Gasteiger partial charge in [-0.2, -0.15) is 0 Å². The SMILES string of the molecule is CCCNc1snnc1CN(CC)Cc1ccco1. The smallest absolute Gasteiger partial charge is 0.134 e. The highest BCUT2D eigenvalue weighted by atomic mass is 32.1. The highest BCUT2D eigenvalue weighted by Gasteiger charge is 2.13. The number of nitrogens with zero attached hydrogens (tertiary/aromatic N) is 3. The topological polar surface area (TPSA) is 54.2 Å². The molecule has 19 heavy (non-hydrogen) atoms. The normalized spacial score (nSPS) is 11.1. The second-order valence-corrected chi connectivity index (χ2v) is 5.11. The van der Waals surface area contributed by atoms with Gasteiger partial charge < -0.3 is 9.73 Å². The summed E-state index contributed by atoms with van der Waals surface area (Å²) in [4.78, 5) is 2.28. The molecule has 0 amide bonds. The van der Waals surface area contributed by atoms with Gasteiger partial charge in [-0.3, -0.25) is 4.90 Å². The van der Waals surface area contributed by atoms with Crippen molar-refractivity contribution in [3.63, 3.8) is 0 Å². The van der Waals surface area contributed by atoms with E-state index in [1.807, 2.05) is 12.1 Å². The molecule has 0 bridgehead atoms. The van der Waals surface area contributed by atoms with Crippen molar-refractivity contribution in [2.75, 3.05) is 18.4 Å². The van der Waals surface area contributed by atoms with Crippen molar-refractivity contribution in [3.8, 4) is 0 Å². The molecule has 0 unspecified atom stereocenters. The number of nitrogens with one attached hydrogen (secondary N) is 1. The monoisotopic (exact) mass is 280 g/mol. The Morgan fingerprint density at radius 1 is 1.37 bits per heavy atom. The van der Waals surface area contributed by atoms with E-state index in [9.17, 15) is 0 Å². The molecule has 0 spiro atoms. The molecule has 0 fully saturated rings. The lowest BCUT2D eigenvalue weighted by Crippen LogP contribution is -2.22. The summed E-state index contributed by atoms with van der Waals surface area (Å²) < 4.78 is 9.43. The van der Waals surface area contributed by atoms with Crippen LogP contribution in [0.5, 0.6) is 0 Å². The zero-order valence-electron chi connectivity index (χ0n) is 11.4. The maximum atomic E-state index is 5.39. The Morgan fingerprint density at radius 2 is 2.26 bits per heavy atom. The van der Waals surface area contributed by atoms with Gasteiger partial charge in [-0.25, -0.2) is 0 Å². The lowest BCUT2D eigenvalue weighted by molar-refractivity contribution is 0.245. The average molecular weight is 280 g/mol.